The summed E-state index contributed by atoms with van der Waals surface area (Å²) in [6, 6.07) is 12.7. The van der Waals surface area contributed by atoms with Gasteiger partial charge in [0.05, 0.1) is 11.8 Å². The molecule has 2 atom stereocenters. The summed E-state index contributed by atoms with van der Waals surface area (Å²) in [4.78, 5) is 24.2. The minimum absolute atomic E-state index is 0.135. The van der Waals surface area contributed by atoms with Crippen LogP contribution in [0.3, 0.4) is 0 Å². The molecule has 24 heavy (non-hydrogen) atoms. The molecule has 0 radical (unpaired) electrons. The fourth-order valence-electron chi connectivity index (χ4n) is 2.47. The Morgan fingerprint density at radius 2 is 1.62 bits per heavy atom. The zero-order chi connectivity index (χ0) is 17.1. The normalized spacial score (nSPS) is 18.8. The average molecular weight is 347 g/mol. The lowest BCUT2D eigenvalue weighted by Gasteiger charge is -2.06. The highest BCUT2D eigenvalue weighted by Crippen LogP contribution is 2.39. The first-order valence-corrected chi connectivity index (χ1v) is 7.99. The summed E-state index contributed by atoms with van der Waals surface area (Å²) in [5.41, 5.74) is 1.47. The third-order valence-electron chi connectivity index (χ3n) is 3.96. The minimum atomic E-state index is -0.362. The second-order valence-corrected chi connectivity index (χ2v) is 6.23. The Hall–Kier alpha value is -2.40. The van der Waals surface area contributed by atoms with Crippen molar-refractivity contribution in [1.29, 1.82) is 0 Å². The van der Waals surface area contributed by atoms with E-state index in [4.69, 9.17) is 11.6 Å². The summed E-state index contributed by atoms with van der Waals surface area (Å²) >= 11 is 5.81. The number of hydrogen-bond donors (Lipinski definition) is 2. The van der Waals surface area contributed by atoms with Gasteiger partial charge in [-0.3, -0.25) is 9.59 Å². The summed E-state index contributed by atoms with van der Waals surface area (Å²) in [5, 5.41) is 6.16. The second kappa shape index (κ2) is 7.01. The molecule has 0 saturated heterocycles. The predicted octanol–water partition coefficient (Wildman–Crippen LogP) is 3.37. The molecule has 0 heterocycles. The van der Waals surface area contributed by atoms with Crippen LogP contribution in [-0.4, -0.2) is 11.8 Å². The Balaban J connectivity index is 1.47. The van der Waals surface area contributed by atoms with Gasteiger partial charge in [-0.25, -0.2) is 4.39 Å². The fraction of sp³-hybridized carbons (Fsp3) is 0.222. The fourth-order valence-corrected chi connectivity index (χ4v) is 2.59. The van der Waals surface area contributed by atoms with E-state index in [-0.39, 0.29) is 29.5 Å². The van der Waals surface area contributed by atoms with E-state index in [1.807, 2.05) is 12.1 Å². The van der Waals surface area contributed by atoms with Crippen LogP contribution in [0.1, 0.15) is 12.0 Å². The van der Waals surface area contributed by atoms with Crippen LogP contribution in [0.25, 0.3) is 0 Å². The number of rotatable bonds is 5. The van der Waals surface area contributed by atoms with E-state index in [1.165, 1.54) is 24.3 Å². The smallest absolute Gasteiger partial charge is 0.228 e. The maximum absolute atomic E-state index is 12.8. The first kappa shape index (κ1) is 16.5. The highest BCUT2D eigenvalue weighted by Gasteiger charge is 2.47. The molecule has 1 saturated carbocycles. The number of carbonyl (C=O) groups excluding carboxylic acids is 2. The van der Waals surface area contributed by atoms with Gasteiger partial charge in [-0.1, -0.05) is 23.7 Å². The van der Waals surface area contributed by atoms with Crippen LogP contribution in [0.15, 0.2) is 48.5 Å². The van der Waals surface area contributed by atoms with Crippen molar-refractivity contribution >= 4 is 29.1 Å². The maximum atomic E-state index is 12.8. The minimum Gasteiger partial charge on any atom is -0.352 e. The third kappa shape index (κ3) is 4.11. The van der Waals surface area contributed by atoms with E-state index in [9.17, 15) is 14.0 Å². The van der Waals surface area contributed by atoms with Gasteiger partial charge in [0.25, 0.3) is 0 Å². The van der Waals surface area contributed by atoms with Gasteiger partial charge in [0, 0.05) is 17.3 Å². The van der Waals surface area contributed by atoms with Gasteiger partial charge in [0.1, 0.15) is 5.82 Å². The van der Waals surface area contributed by atoms with Crippen molar-refractivity contribution in [3.8, 4) is 0 Å². The predicted molar refractivity (Wildman–Crippen MR) is 89.9 cm³/mol. The van der Waals surface area contributed by atoms with Gasteiger partial charge >= 0.3 is 0 Å². The van der Waals surface area contributed by atoms with E-state index in [1.54, 1.807) is 12.1 Å². The van der Waals surface area contributed by atoms with Crippen LogP contribution in [0, 0.1) is 17.7 Å². The average Bonchev–Trinajstić information content (AvgIpc) is 3.37. The summed E-state index contributed by atoms with van der Waals surface area (Å²) in [5.74, 6) is -1.35. The lowest BCUT2D eigenvalue weighted by Crippen LogP contribution is -2.27. The Labute approximate surface area is 144 Å². The van der Waals surface area contributed by atoms with Crippen molar-refractivity contribution in [3.05, 3.63) is 64.9 Å². The monoisotopic (exact) mass is 346 g/mol. The highest BCUT2D eigenvalue weighted by atomic mass is 35.5. The Morgan fingerprint density at radius 1 is 1.00 bits per heavy atom. The Bertz CT molecular complexity index is 747. The first-order chi connectivity index (χ1) is 11.5. The van der Waals surface area contributed by atoms with E-state index < -0.39 is 0 Å². The molecule has 6 heteroatoms. The topological polar surface area (TPSA) is 58.2 Å². The summed E-state index contributed by atoms with van der Waals surface area (Å²) in [7, 11) is 0. The zero-order valence-electron chi connectivity index (χ0n) is 12.8. The Kier molecular flexibility index (Phi) is 4.81. The SMILES string of the molecule is O=C(NCc1ccc(Cl)cc1)C1CC1C(=O)Nc1ccc(F)cc1. The van der Waals surface area contributed by atoms with Crippen molar-refractivity contribution in [1.82, 2.24) is 5.32 Å². The molecule has 2 N–H and O–H groups in total. The molecule has 2 amide bonds. The van der Waals surface area contributed by atoms with Gasteiger partial charge in [-0.05, 0) is 48.4 Å². The molecule has 3 rings (SSSR count). The quantitative estimate of drug-likeness (QED) is 0.872. The number of anilines is 1. The van der Waals surface area contributed by atoms with E-state index in [0.717, 1.165) is 5.56 Å². The van der Waals surface area contributed by atoms with Crippen LogP contribution in [0.4, 0.5) is 10.1 Å². The lowest BCUT2D eigenvalue weighted by molar-refractivity contribution is -0.125. The van der Waals surface area contributed by atoms with Crippen molar-refractivity contribution < 1.29 is 14.0 Å². The van der Waals surface area contributed by atoms with E-state index in [2.05, 4.69) is 10.6 Å². The van der Waals surface area contributed by atoms with Gasteiger partial charge < -0.3 is 10.6 Å². The molecular weight excluding hydrogens is 331 g/mol. The van der Waals surface area contributed by atoms with Gasteiger partial charge in [0.2, 0.25) is 11.8 Å². The number of benzene rings is 2. The summed E-state index contributed by atoms with van der Waals surface area (Å²) < 4.78 is 12.8. The van der Waals surface area contributed by atoms with Crippen LogP contribution in [0.2, 0.25) is 5.02 Å². The Morgan fingerprint density at radius 3 is 2.29 bits per heavy atom. The number of amides is 2. The van der Waals surface area contributed by atoms with Gasteiger partial charge in [-0.15, -0.1) is 0 Å². The van der Waals surface area contributed by atoms with Crippen LogP contribution in [0.5, 0.6) is 0 Å². The molecule has 0 aliphatic heterocycles. The molecule has 2 aromatic carbocycles. The number of halogens is 2. The standard InChI is InChI=1S/C18H16ClFN2O2/c19-12-3-1-11(2-4-12)10-21-17(23)15-9-16(15)18(24)22-14-7-5-13(20)6-8-14/h1-8,15-16H,9-10H2,(H,21,23)(H,22,24). The second-order valence-electron chi connectivity index (χ2n) is 5.79. The summed E-state index contributed by atoms with van der Waals surface area (Å²) in [6.45, 7) is 0.402. The van der Waals surface area contributed by atoms with Crippen molar-refractivity contribution in [2.75, 3.05) is 5.32 Å². The molecule has 1 aliphatic carbocycles. The molecule has 0 bridgehead atoms. The van der Waals surface area contributed by atoms with Crippen LogP contribution >= 0.6 is 11.6 Å². The molecular formula is C18H16ClFN2O2. The number of carbonyl (C=O) groups is 2. The molecule has 2 aromatic rings. The van der Waals surface area contributed by atoms with Crippen molar-refractivity contribution in [2.24, 2.45) is 11.8 Å². The molecule has 1 aliphatic rings. The summed E-state index contributed by atoms with van der Waals surface area (Å²) in [6.07, 6.45) is 0.527. The third-order valence-corrected chi connectivity index (χ3v) is 4.21. The first-order valence-electron chi connectivity index (χ1n) is 7.61. The lowest BCUT2D eigenvalue weighted by atomic mass is 10.2. The number of nitrogens with one attached hydrogen (secondary N) is 2. The highest BCUT2D eigenvalue weighted by molar-refractivity contribution is 6.30. The van der Waals surface area contributed by atoms with E-state index in [0.29, 0.717) is 23.7 Å². The van der Waals surface area contributed by atoms with Crippen LogP contribution in [-0.2, 0) is 16.1 Å². The molecule has 0 spiro atoms. The molecule has 1 fully saturated rings. The van der Waals surface area contributed by atoms with E-state index >= 15 is 0 Å². The molecule has 4 nitrogen and oxygen atoms in total. The van der Waals surface area contributed by atoms with Crippen molar-refractivity contribution in [3.63, 3.8) is 0 Å². The molecule has 2 unspecified atom stereocenters. The van der Waals surface area contributed by atoms with Crippen molar-refractivity contribution in [2.45, 2.75) is 13.0 Å². The number of hydrogen-bond acceptors (Lipinski definition) is 2. The zero-order valence-corrected chi connectivity index (χ0v) is 13.5. The molecule has 124 valence electrons. The molecule has 0 aromatic heterocycles. The maximum Gasteiger partial charge on any atom is 0.228 e. The largest absolute Gasteiger partial charge is 0.352 e. The van der Waals surface area contributed by atoms with Gasteiger partial charge in [-0.2, -0.15) is 0 Å². The van der Waals surface area contributed by atoms with Crippen LogP contribution < -0.4 is 10.6 Å². The van der Waals surface area contributed by atoms with Gasteiger partial charge in [0.15, 0.2) is 0 Å².